The molecule has 2 N–H and O–H groups in total. The van der Waals surface area contributed by atoms with E-state index in [1.54, 1.807) is 11.3 Å². The zero-order valence-corrected chi connectivity index (χ0v) is 11.3. The lowest BCUT2D eigenvalue weighted by Gasteiger charge is -2.48. The molecule has 3 heteroatoms. The van der Waals surface area contributed by atoms with Crippen LogP contribution in [0.4, 0.5) is 0 Å². The minimum atomic E-state index is 0.211. The Morgan fingerprint density at radius 3 is 2.88 bits per heavy atom. The van der Waals surface area contributed by atoms with Gasteiger partial charge in [0, 0.05) is 12.6 Å². The molecule has 1 aliphatic carbocycles. The minimum absolute atomic E-state index is 0.211. The molecule has 2 nitrogen and oxygen atoms in total. The number of nitrogens with two attached hydrogens (primary N) is 1. The van der Waals surface area contributed by atoms with Crippen molar-refractivity contribution < 1.29 is 4.74 Å². The van der Waals surface area contributed by atoms with Crippen molar-refractivity contribution >= 4 is 11.3 Å². The van der Waals surface area contributed by atoms with Crippen molar-refractivity contribution in [3.63, 3.8) is 0 Å². The lowest BCUT2D eigenvalue weighted by atomic mass is 9.70. The van der Waals surface area contributed by atoms with Crippen LogP contribution < -0.4 is 5.73 Å². The fourth-order valence-electron chi connectivity index (χ4n) is 3.26. The van der Waals surface area contributed by atoms with E-state index in [0.717, 1.165) is 13.0 Å². The summed E-state index contributed by atoms with van der Waals surface area (Å²) in [6.45, 7) is 3.08. The topological polar surface area (TPSA) is 35.2 Å². The van der Waals surface area contributed by atoms with Gasteiger partial charge >= 0.3 is 0 Å². The van der Waals surface area contributed by atoms with E-state index in [0.29, 0.717) is 5.92 Å². The van der Waals surface area contributed by atoms with Gasteiger partial charge in [0.1, 0.15) is 0 Å². The monoisotopic (exact) mass is 251 g/mol. The number of hydrogen-bond donors (Lipinski definition) is 1. The van der Waals surface area contributed by atoms with Crippen LogP contribution in [-0.4, -0.2) is 12.2 Å². The van der Waals surface area contributed by atoms with Gasteiger partial charge in [-0.2, -0.15) is 11.3 Å². The third-order valence-corrected chi connectivity index (χ3v) is 5.44. The zero-order chi connectivity index (χ0) is 11.9. The maximum atomic E-state index is 6.47. The molecule has 17 heavy (non-hydrogen) atoms. The number of thiophene rings is 1. The predicted octanol–water partition coefficient (Wildman–Crippen LogP) is 3.41. The summed E-state index contributed by atoms with van der Waals surface area (Å²) in [6, 6.07) is 0.211. The normalized spacial score (nSPS) is 28.9. The van der Waals surface area contributed by atoms with Crippen molar-refractivity contribution in [1.29, 1.82) is 0 Å². The van der Waals surface area contributed by atoms with Crippen molar-refractivity contribution in [3.8, 4) is 0 Å². The van der Waals surface area contributed by atoms with Crippen molar-refractivity contribution in [1.82, 2.24) is 0 Å². The lowest BCUT2D eigenvalue weighted by molar-refractivity contribution is -0.146. The maximum Gasteiger partial charge on any atom is 0.0686 e. The molecule has 2 unspecified atom stereocenters. The van der Waals surface area contributed by atoms with Crippen LogP contribution in [0.25, 0.3) is 0 Å². The van der Waals surface area contributed by atoms with E-state index in [1.807, 2.05) is 0 Å². The number of aryl methyl sites for hydroxylation is 1. The van der Waals surface area contributed by atoms with E-state index in [4.69, 9.17) is 10.5 Å². The molecule has 0 aromatic carbocycles. The average molecular weight is 251 g/mol. The third kappa shape index (κ3) is 2.05. The first-order valence-corrected chi connectivity index (χ1v) is 7.57. The van der Waals surface area contributed by atoms with Gasteiger partial charge in [-0.1, -0.05) is 0 Å². The smallest absolute Gasteiger partial charge is 0.0686 e. The van der Waals surface area contributed by atoms with Gasteiger partial charge in [0.25, 0.3) is 0 Å². The Hall–Kier alpha value is -0.380. The number of rotatable bonds is 2. The Morgan fingerprint density at radius 1 is 1.47 bits per heavy atom. The summed E-state index contributed by atoms with van der Waals surface area (Å²) in [5.74, 6) is 0.609. The van der Waals surface area contributed by atoms with E-state index in [1.165, 1.54) is 36.8 Å². The van der Waals surface area contributed by atoms with E-state index >= 15 is 0 Å². The van der Waals surface area contributed by atoms with E-state index in [9.17, 15) is 0 Å². The zero-order valence-electron chi connectivity index (χ0n) is 10.4. The highest BCUT2D eigenvalue weighted by Gasteiger charge is 2.44. The summed E-state index contributed by atoms with van der Waals surface area (Å²) in [4.78, 5) is 0. The first kappa shape index (κ1) is 11.7. The molecule has 2 fully saturated rings. The summed E-state index contributed by atoms with van der Waals surface area (Å²) in [7, 11) is 0. The Bertz CT molecular complexity index is 397. The molecule has 2 aliphatic rings. The number of hydrogen-bond acceptors (Lipinski definition) is 3. The van der Waals surface area contributed by atoms with Gasteiger partial charge in [0.05, 0.1) is 5.60 Å². The highest BCUT2D eigenvalue weighted by atomic mass is 32.1. The van der Waals surface area contributed by atoms with Gasteiger partial charge < -0.3 is 10.5 Å². The molecule has 3 rings (SSSR count). The van der Waals surface area contributed by atoms with Crippen molar-refractivity contribution in [2.75, 3.05) is 6.61 Å². The highest BCUT2D eigenvalue weighted by molar-refractivity contribution is 7.08. The van der Waals surface area contributed by atoms with E-state index in [2.05, 4.69) is 17.7 Å². The fraction of sp³-hybridized carbons (Fsp3) is 0.714. The van der Waals surface area contributed by atoms with Crippen molar-refractivity contribution in [2.45, 2.75) is 50.7 Å². The summed E-state index contributed by atoms with van der Waals surface area (Å²) in [5.41, 5.74) is 9.39. The summed E-state index contributed by atoms with van der Waals surface area (Å²) in [6.07, 6.45) is 6.12. The average Bonchev–Trinajstić information content (AvgIpc) is 2.73. The molecular weight excluding hydrogens is 230 g/mol. The molecule has 1 saturated heterocycles. The van der Waals surface area contributed by atoms with E-state index in [-0.39, 0.29) is 11.6 Å². The van der Waals surface area contributed by atoms with Gasteiger partial charge in [-0.05, 0) is 66.8 Å². The van der Waals surface area contributed by atoms with Gasteiger partial charge in [0.2, 0.25) is 0 Å². The quantitative estimate of drug-likeness (QED) is 0.874. The van der Waals surface area contributed by atoms with E-state index < -0.39 is 0 Å². The number of ether oxygens (including phenoxy) is 1. The molecule has 0 radical (unpaired) electrons. The summed E-state index contributed by atoms with van der Waals surface area (Å²) in [5, 5.41) is 4.43. The highest BCUT2D eigenvalue weighted by Crippen LogP contribution is 2.47. The molecule has 1 aliphatic heterocycles. The Balaban J connectivity index is 1.73. The van der Waals surface area contributed by atoms with Gasteiger partial charge in [0.15, 0.2) is 0 Å². The fourth-order valence-corrected chi connectivity index (χ4v) is 4.16. The molecule has 0 bridgehead atoms. The van der Waals surface area contributed by atoms with Crippen LogP contribution in [0.3, 0.4) is 0 Å². The van der Waals surface area contributed by atoms with Crippen LogP contribution in [-0.2, 0) is 4.74 Å². The molecule has 94 valence electrons. The largest absolute Gasteiger partial charge is 0.375 e. The molecule has 1 spiro atoms. The molecular formula is C14H21NOS. The SMILES string of the molecule is Cc1cscc1C(N)C1CCOC2(CCC2)C1. The molecule has 1 aromatic rings. The Kier molecular flexibility index (Phi) is 3.01. The molecule has 1 saturated carbocycles. The van der Waals surface area contributed by atoms with Crippen LogP contribution in [0.5, 0.6) is 0 Å². The van der Waals surface area contributed by atoms with Crippen LogP contribution in [0.1, 0.15) is 49.3 Å². The lowest BCUT2D eigenvalue weighted by Crippen LogP contribution is -2.47. The predicted molar refractivity (Wildman–Crippen MR) is 71.2 cm³/mol. The van der Waals surface area contributed by atoms with Gasteiger partial charge in [-0.25, -0.2) is 0 Å². The van der Waals surface area contributed by atoms with Crippen LogP contribution in [0, 0.1) is 12.8 Å². The Morgan fingerprint density at radius 2 is 2.29 bits per heavy atom. The van der Waals surface area contributed by atoms with Crippen LogP contribution in [0.15, 0.2) is 10.8 Å². The van der Waals surface area contributed by atoms with Crippen molar-refractivity contribution in [2.24, 2.45) is 11.7 Å². The second-order valence-corrected chi connectivity index (χ2v) is 6.42. The second kappa shape index (κ2) is 4.38. The first-order valence-electron chi connectivity index (χ1n) is 6.62. The standard InChI is InChI=1S/C14H21NOS/c1-10-8-17-9-12(10)13(15)11-3-6-16-14(7-11)4-2-5-14/h8-9,11,13H,2-7,15H2,1H3. The van der Waals surface area contributed by atoms with Gasteiger partial charge in [-0.3, -0.25) is 0 Å². The summed E-state index contributed by atoms with van der Waals surface area (Å²) < 4.78 is 5.98. The second-order valence-electron chi connectivity index (χ2n) is 5.67. The molecule has 0 amide bonds. The van der Waals surface area contributed by atoms with Crippen LogP contribution in [0.2, 0.25) is 0 Å². The van der Waals surface area contributed by atoms with Crippen molar-refractivity contribution in [3.05, 3.63) is 21.9 Å². The maximum absolute atomic E-state index is 6.47. The van der Waals surface area contributed by atoms with Gasteiger partial charge in [-0.15, -0.1) is 0 Å². The third-order valence-electron chi connectivity index (χ3n) is 4.56. The summed E-state index contributed by atoms with van der Waals surface area (Å²) >= 11 is 1.77. The Labute approximate surface area is 107 Å². The molecule has 2 heterocycles. The van der Waals surface area contributed by atoms with Crippen LogP contribution >= 0.6 is 11.3 Å². The minimum Gasteiger partial charge on any atom is -0.375 e. The molecule has 1 aromatic heterocycles. The first-order chi connectivity index (χ1) is 8.20. The molecule has 2 atom stereocenters.